The van der Waals surface area contributed by atoms with E-state index in [9.17, 15) is 4.79 Å². The van der Waals surface area contributed by atoms with Gasteiger partial charge in [0.25, 0.3) is 5.91 Å². The van der Waals surface area contributed by atoms with Crippen LogP contribution in [0.4, 0.5) is 5.69 Å². The van der Waals surface area contributed by atoms with E-state index in [1.165, 1.54) is 38.6 Å². The zero-order valence-corrected chi connectivity index (χ0v) is 27.5. The molecule has 6 heteroatoms. The van der Waals surface area contributed by atoms with Crippen LogP contribution in [0.1, 0.15) is 39.0 Å². The lowest BCUT2D eigenvalue weighted by molar-refractivity contribution is 0.0579. The third-order valence-corrected chi connectivity index (χ3v) is 10.6. The van der Waals surface area contributed by atoms with Gasteiger partial charge in [-0.1, -0.05) is 90.5 Å². The summed E-state index contributed by atoms with van der Waals surface area (Å²) in [6, 6.07) is 42.5. The van der Waals surface area contributed by atoms with Gasteiger partial charge in [-0.05, 0) is 65.6 Å². The van der Waals surface area contributed by atoms with Crippen molar-refractivity contribution >= 4 is 45.0 Å². The number of rotatable bonds is 7. The Balaban J connectivity index is 1.18. The van der Waals surface area contributed by atoms with Crippen LogP contribution in [0, 0.1) is 0 Å². The Labute approximate surface area is 281 Å². The molecular weight excluding hydrogens is 600 g/mol. The van der Waals surface area contributed by atoms with E-state index in [2.05, 4.69) is 123 Å². The second-order valence-electron chi connectivity index (χ2n) is 13.0. The van der Waals surface area contributed by atoms with Crippen molar-refractivity contribution in [3.05, 3.63) is 149 Å². The largest absolute Gasteiger partial charge is 0.369 e. The molecule has 1 amide bonds. The minimum absolute atomic E-state index is 0.0876. The third kappa shape index (κ3) is 5.58. The average Bonchev–Trinajstić information content (AvgIpc) is 3.40. The summed E-state index contributed by atoms with van der Waals surface area (Å²) >= 11 is 6.33. The van der Waals surface area contributed by atoms with Crippen LogP contribution in [-0.4, -0.2) is 59.5 Å². The fourth-order valence-corrected chi connectivity index (χ4v) is 8.12. The monoisotopic (exact) mass is 638 g/mol. The molecule has 1 aromatic heterocycles. The molecule has 0 radical (unpaired) electrons. The zero-order chi connectivity index (χ0) is 31.9. The molecule has 2 atom stereocenters. The highest BCUT2D eigenvalue weighted by Crippen LogP contribution is 2.44. The summed E-state index contributed by atoms with van der Waals surface area (Å²) in [5, 5.41) is 3.26. The number of hydrogen-bond donors (Lipinski definition) is 0. The molecular formula is C41H39ClN4O. The Morgan fingerprint density at radius 1 is 0.723 bits per heavy atom. The summed E-state index contributed by atoms with van der Waals surface area (Å²) < 4.78 is 2.28. The van der Waals surface area contributed by atoms with E-state index in [0.29, 0.717) is 6.54 Å². The maximum Gasteiger partial charge on any atom is 0.254 e. The Kier molecular flexibility index (Phi) is 7.96. The van der Waals surface area contributed by atoms with Crippen LogP contribution in [0.15, 0.2) is 121 Å². The van der Waals surface area contributed by atoms with E-state index in [0.717, 1.165) is 55.3 Å². The number of nitrogens with zero attached hydrogens (tertiary/aromatic N) is 4. The van der Waals surface area contributed by atoms with Crippen molar-refractivity contribution in [2.45, 2.75) is 18.4 Å². The van der Waals surface area contributed by atoms with Crippen LogP contribution >= 0.6 is 11.6 Å². The number of amides is 1. The Hall–Kier alpha value is -4.58. The van der Waals surface area contributed by atoms with Crippen molar-refractivity contribution < 1.29 is 4.79 Å². The molecule has 0 aliphatic carbocycles. The predicted octanol–water partition coefficient (Wildman–Crippen LogP) is 8.33. The summed E-state index contributed by atoms with van der Waals surface area (Å²) in [6.07, 6.45) is 0.812. The van der Waals surface area contributed by atoms with Crippen LogP contribution in [0.2, 0.25) is 5.02 Å². The van der Waals surface area contributed by atoms with E-state index in [4.69, 9.17) is 11.6 Å². The van der Waals surface area contributed by atoms with Crippen LogP contribution in [0.25, 0.3) is 21.8 Å². The molecule has 6 aromatic rings. The predicted molar refractivity (Wildman–Crippen MR) is 194 cm³/mol. The van der Waals surface area contributed by atoms with E-state index in [-0.39, 0.29) is 17.9 Å². The number of hydrogen-bond acceptors (Lipinski definition) is 3. The van der Waals surface area contributed by atoms with E-state index in [1.54, 1.807) is 0 Å². The SMILES string of the molecule is Cn1c2ccccc2c2cc([C@H]3[C@H](CN4CCN(c5cccc(Cl)c5)CC4)c4ccccc4C(=O)N3CCc3ccccc3)ccc21. The first-order valence-corrected chi connectivity index (χ1v) is 17.1. The summed E-state index contributed by atoms with van der Waals surface area (Å²) in [5.41, 5.74) is 8.06. The Morgan fingerprint density at radius 3 is 2.30 bits per heavy atom. The van der Waals surface area contributed by atoms with Gasteiger partial charge in [0.1, 0.15) is 0 Å². The zero-order valence-electron chi connectivity index (χ0n) is 26.7. The number of aromatic nitrogens is 1. The topological polar surface area (TPSA) is 31.7 Å². The van der Waals surface area contributed by atoms with Crippen LogP contribution in [0.5, 0.6) is 0 Å². The molecule has 0 unspecified atom stereocenters. The van der Waals surface area contributed by atoms with Gasteiger partial charge in [0.15, 0.2) is 0 Å². The molecule has 0 bridgehead atoms. The molecule has 47 heavy (non-hydrogen) atoms. The Morgan fingerprint density at radius 2 is 1.47 bits per heavy atom. The molecule has 2 aliphatic rings. The number of fused-ring (bicyclic) bond motifs is 4. The fraction of sp³-hybridized carbons (Fsp3) is 0.244. The van der Waals surface area contributed by atoms with Crippen LogP contribution in [-0.2, 0) is 13.5 Å². The van der Waals surface area contributed by atoms with Crippen LogP contribution in [0.3, 0.4) is 0 Å². The van der Waals surface area contributed by atoms with E-state index in [1.807, 2.05) is 24.3 Å². The minimum Gasteiger partial charge on any atom is -0.369 e. The lowest BCUT2D eigenvalue weighted by Crippen LogP contribution is -2.51. The quantitative estimate of drug-likeness (QED) is 0.176. The standard InChI is InChI=1S/C41H39ClN4O/c1-43-38-17-8-7-15-34(38)36-26-30(18-19-39(36)43)40-37(28-44-22-24-45(25-23-44)32-13-9-12-31(42)27-32)33-14-5-6-16-35(33)41(47)46(40)21-20-29-10-3-2-4-11-29/h2-19,26-27,37,40H,20-25,28H2,1H3/t37-,40+/m1/s1. The van der Waals surface area contributed by atoms with Crippen molar-refractivity contribution in [1.82, 2.24) is 14.4 Å². The van der Waals surface area contributed by atoms with E-state index >= 15 is 0 Å². The minimum atomic E-state index is -0.0876. The summed E-state index contributed by atoms with van der Waals surface area (Å²) in [4.78, 5) is 21.7. The highest BCUT2D eigenvalue weighted by Gasteiger charge is 2.41. The second kappa shape index (κ2) is 12.6. The third-order valence-electron chi connectivity index (χ3n) is 10.3. The molecule has 2 aliphatic heterocycles. The van der Waals surface area contributed by atoms with Gasteiger partial charge >= 0.3 is 0 Å². The summed E-state index contributed by atoms with van der Waals surface area (Å²) in [6.45, 7) is 5.34. The van der Waals surface area contributed by atoms with Crippen LogP contribution < -0.4 is 4.90 Å². The average molecular weight is 639 g/mol. The van der Waals surface area contributed by atoms with Gasteiger partial charge in [0, 0.05) is 90.3 Å². The fourth-order valence-electron chi connectivity index (χ4n) is 7.94. The number of benzene rings is 5. The number of carbonyl (C=O) groups is 1. The number of halogens is 1. The van der Waals surface area contributed by atoms with Crippen molar-refractivity contribution in [3.8, 4) is 0 Å². The highest BCUT2D eigenvalue weighted by atomic mass is 35.5. The lowest BCUT2D eigenvalue weighted by Gasteiger charge is -2.45. The molecule has 3 heterocycles. The number of carbonyl (C=O) groups excluding carboxylic acids is 1. The molecule has 5 nitrogen and oxygen atoms in total. The molecule has 1 fully saturated rings. The molecule has 236 valence electrons. The summed E-state index contributed by atoms with van der Waals surface area (Å²) in [5.74, 6) is 0.256. The maximum atomic E-state index is 14.5. The Bertz CT molecular complexity index is 2060. The number of para-hydroxylation sites is 1. The van der Waals surface area contributed by atoms with Gasteiger partial charge in [-0.2, -0.15) is 0 Å². The van der Waals surface area contributed by atoms with Gasteiger partial charge in [0.05, 0.1) is 6.04 Å². The van der Waals surface area contributed by atoms with Gasteiger partial charge in [-0.15, -0.1) is 0 Å². The summed E-state index contributed by atoms with van der Waals surface area (Å²) in [7, 11) is 2.14. The molecule has 1 saturated heterocycles. The second-order valence-corrected chi connectivity index (χ2v) is 13.4. The molecule has 0 N–H and O–H groups in total. The maximum absolute atomic E-state index is 14.5. The van der Waals surface area contributed by atoms with Crippen molar-refractivity contribution in [1.29, 1.82) is 0 Å². The lowest BCUT2D eigenvalue weighted by atomic mass is 9.79. The van der Waals surface area contributed by atoms with Gasteiger partial charge in [0.2, 0.25) is 0 Å². The highest BCUT2D eigenvalue weighted by molar-refractivity contribution is 6.30. The number of piperazine rings is 1. The first-order chi connectivity index (χ1) is 23.0. The molecule has 5 aromatic carbocycles. The van der Waals surface area contributed by atoms with Crippen molar-refractivity contribution in [2.75, 3.05) is 44.2 Å². The number of anilines is 1. The molecule has 8 rings (SSSR count). The van der Waals surface area contributed by atoms with Gasteiger partial charge in [-0.3, -0.25) is 9.69 Å². The first kappa shape index (κ1) is 29.8. The molecule has 0 spiro atoms. The van der Waals surface area contributed by atoms with Gasteiger partial charge in [-0.25, -0.2) is 0 Å². The number of aryl methyl sites for hydroxylation is 1. The first-order valence-electron chi connectivity index (χ1n) is 16.7. The molecule has 0 saturated carbocycles. The van der Waals surface area contributed by atoms with Crippen molar-refractivity contribution in [2.24, 2.45) is 7.05 Å². The normalized spacial score (nSPS) is 18.6. The van der Waals surface area contributed by atoms with E-state index < -0.39 is 0 Å². The van der Waals surface area contributed by atoms with Crippen molar-refractivity contribution in [3.63, 3.8) is 0 Å². The van der Waals surface area contributed by atoms with Gasteiger partial charge < -0.3 is 14.4 Å². The smallest absolute Gasteiger partial charge is 0.254 e.